The third kappa shape index (κ3) is 10.1. The van der Waals surface area contributed by atoms with Crippen LogP contribution < -0.4 is 9.80 Å². The van der Waals surface area contributed by atoms with E-state index in [1.54, 1.807) is 24.0 Å². The molecule has 6 rings (SSSR count). The van der Waals surface area contributed by atoms with Crippen LogP contribution in [0.1, 0.15) is 81.2 Å². The van der Waals surface area contributed by atoms with Crippen molar-refractivity contribution in [1.82, 2.24) is 4.90 Å². The number of anilines is 2. The minimum Gasteiger partial charge on any atom is -0.466 e. The fourth-order valence-electron chi connectivity index (χ4n) is 7.50. The number of nitrogens with zero attached hydrogens (tertiary/aromatic N) is 3. The third-order valence-corrected chi connectivity index (χ3v) is 9.66. The lowest BCUT2D eigenvalue weighted by atomic mass is 9.84. The van der Waals surface area contributed by atoms with E-state index in [9.17, 15) is 24.3 Å². The van der Waals surface area contributed by atoms with Crippen LogP contribution in [0.15, 0.2) is 72.8 Å². The second-order valence-corrected chi connectivity index (χ2v) is 14.7. The van der Waals surface area contributed by atoms with Gasteiger partial charge >= 0.3 is 24.1 Å². The molecule has 2 atom stereocenters. The molecule has 2 amide bonds. The molecular weight excluding hydrogens is 686 g/mol. The number of hydrogen-bond donors (Lipinski definition) is 1. The highest BCUT2D eigenvalue weighted by Gasteiger charge is 2.42. The summed E-state index contributed by atoms with van der Waals surface area (Å²) in [6.07, 6.45) is 5.10. The number of amides is 2. The van der Waals surface area contributed by atoms with Crippen LogP contribution in [0.2, 0.25) is 0 Å². The highest BCUT2D eigenvalue weighted by atomic mass is 16.6. The van der Waals surface area contributed by atoms with Crippen molar-refractivity contribution >= 4 is 41.6 Å². The Morgan fingerprint density at radius 1 is 0.796 bits per heavy atom. The maximum Gasteiger partial charge on any atom is 0.414 e. The molecule has 0 aliphatic carbocycles. The summed E-state index contributed by atoms with van der Waals surface area (Å²) in [7, 11) is 0. The van der Waals surface area contributed by atoms with Crippen LogP contribution >= 0.6 is 0 Å². The molecule has 1 saturated heterocycles. The van der Waals surface area contributed by atoms with E-state index in [1.807, 2.05) is 58.0 Å². The van der Waals surface area contributed by atoms with E-state index in [1.165, 1.54) is 16.5 Å². The van der Waals surface area contributed by atoms with Crippen molar-refractivity contribution in [2.75, 3.05) is 49.2 Å². The first-order chi connectivity index (χ1) is 25.9. The Morgan fingerprint density at radius 2 is 1.44 bits per heavy atom. The molecule has 288 valence electrons. The molecule has 0 unspecified atom stereocenters. The molecule has 0 bridgehead atoms. The SMILES string of the molecule is CCOC(=O)/C=C/c1cccc2c1N(C(=O)O)CCC2.CCOC(=O)[C@@H]1CN(Cc2ccccc2)C[C@H]1c1cccc2c1N(C(=O)OC(C)(C)C)CCC2. The first-order valence-corrected chi connectivity index (χ1v) is 18.9. The molecule has 54 heavy (non-hydrogen) atoms. The number of benzene rings is 3. The summed E-state index contributed by atoms with van der Waals surface area (Å²) in [5, 5.41) is 9.28. The van der Waals surface area contributed by atoms with Crippen molar-refractivity contribution in [3.63, 3.8) is 0 Å². The lowest BCUT2D eigenvalue weighted by Crippen LogP contribution is -2.41. The van der Waals surface area contributed by atoms with Gasteiger partial charge < -0.3 is 19.3 Å². The van der Waals surface area contributed by atoms with E-state index < -0.39 is 17.7 Å². The van der Waals surface area contributed by atoms with Crippen LogP contribution in [0, 0.1) is 5.92 Å². The van der Waals surface area contributed by atoms with E-state index >= 15 is 0 Å². The zero-order valence-corrected chi connectivity index (χ0v) is 32.1. The molecule has 3 aliphatic heterocycles. The first-order valence-electron chi connectivity index (χ1n) is 18.9. The van der Waals surface area contributed by atoms with Crippen molar-refractivity contribution in [1.29, 1.82) is 0 Å². The van der Waals surface area contributed by atoms with Gasteiger partial charge in [0.25, 0.3) is 0 Å². The van der Waals surface area contributed by atoms with E-state index in [0.717, 1.165) is 66.7 Å². The summed E-state index contributed by atoms with van der Waals surface area (Å²) >= 11 is 0. The third-order valence-electron chi connectivity index (χ3n) is 9.66. The number of para-hydroxylation sites is 2. The van der Waals surface area contributed by atoms with Gasteiger partial charge in [0.05, 0.1) is 30.5 Å². The predicted octanol–water partition coefficient (Wildman–Crippen LogP) is 7.85. The zero-order chi connectivity index (χ0) is 38.8. The predicted molar refractivity (Wildman–Crippen MR) is 209 cm³/mol. The van der Waals surface area contributed by atoms with Gasteiger partial charge in [0.1, 0.15) is 5.60 Å². The van der Waals surface area contributed by atoms with Gasteiger partial charge in [-0.3, -0.25) is 19.5 Å². The summed E-state index contributed by atoms with van der Waals surface area (Å²) in [5.74, 6) is -0.929. The average Bonchev–Trinajstić information content (AvgIpc) is 3.57. The van der Waals surface area contributed by atoms with Gasteiger partial charge in [-0.05, 0) is 94.2 Å². The Balaban J connectivity index is 0.000000239. The zero-order valence-electron chi connectivity index (χ0n) is 32.1. The molecular formula is C43H53N3O8. The Hall–Kier alpha value is -5.16. The summed E-state index contributed by atoms with van der Waals surface area (Å²) in [6.45, 7) is 13.2. The maximum atomic E-state index is 13.2. The molecule has 0 spiro atoms. The fraction of sp³-hybridized carbons (Fsp3) is 0.442. The quantitative estimate of drug-likeness (QED) is 0.140. The number of aryl methyl sites for hydroxylation is 2. The molecule has 3 aromatic rings. The minimum absolute atomic E-state index is 0.0549. The number of likely N-dealkylation sites (tertiary alicyclic amines) is 1. The largest absolute Gasteiger partial charge is 0.466 e. The number of carbonyl (C=O) groups is 4. The standard InChI is InChI=1S/C28H36N2O4.C15H17NO4/c1-5-33-26(31)24-19-29(17-20-11-7-6-8-12-20)18-23(24)22-15-9-13-21-14-10-16-30(25(21)22)27(32)34-28(2,3)4;1-2-20-13(17)9-8-12-6-3-5-11-7-4-10-16(14(11)12)15(18)19/h6-9,11-13,15,23-24H,5,10,14,16-19H2,1-4H3;3,5-6,8-9H,2,4,7,10H2,1H3,(H,18,19)/b;9-8+/t23-,24+;/m0./s1. The highest BCUT2D eigenvalue weighted by molar-refractivity contribution is 5.94. The van der Waals surface area contributed by atoms with Crippen LogP contribution in [-0.2, 0) is 43.2 Å². The Kier molecular flexibility index (Phi) is 13.5. The van der Waals surface area contributed by atoms with E-state index in [0.29, 0.717) is 38.5 Å². The van der Waals surface area contributed by atoms with Gasteiger partial charge in [0.2, 0.25) is 0 Å². The first kappa shape index (κ1) is 40.0. The smallest absolute Gasteiger partial charge is 0.414 e. The molecule has 1 N–H and O–H groups in total. The van der Waals surface area contributed by atoms with Crippen molar-refractivity contribution in [2.24, 2.45) is 5.92 Å². The molecule has 3 aromatic carbocycles. The molecule has 0 radical (unpaired) electrons. The Labute approximate surface area is 318 Å². The summed E-state index contributed by atoms with van der Waals surface area (Å²) in [6, 6.07) is 22.1. The van der Waals surface area contributed by atoms with Crippen LogP contribution in [0.5, 0.6) is 0 Å². The molecule has 3 heterocycles. The van der Waals surface area contributed by atoms with Gasteiger partial charge in [-0.1, -0.05) is 66.7 Å². The lowest BCUT2D eigenvalue weighted by molar-refractivity contribution is -0.148. The Bertz CT molecular complexity index is 1820. The minimum atomic E-state index is -0.970. The molecule has 11 nitrogen and oxygen atoms in total. The lowest BCUT2D eigenvalue weighted by Gasteiger charge is -2.35. The second-order valence-electron chi connectivity index (χ2n) is 14.7. The van der Waals surface area contributed by atoms with Gasteiger partial charge in [-0.15, -0.1) is 0 Å². The van der Waals surface area contributed by atoms with Crippen molar-refractivity contribution < 1.29 is 38.5 Å². The number of esters is 2. The summed E-state index contributed by atoms with van der Waals surface area (Å²) < 4.78 is 16.1. The molecule has 11 heteroatoms. The highest BCUT2D eigenvalue weighted by Crippen LogP contribution is 2.42. The number of ether oxygens (including phenoxy) is 3. The maximum absolute atomic E-state index is 13.2. The van der Waals surface area contributed by atoms with E-state index in [-0.39, 0.29) is 23.9 Å². The van der Waals surface area contributed by atoms with Crippen LogP contribution in [0.4, 0.5) is 21.0 Å². The van der Waals surface area contributed by atoms with Crippen molar-refractivity contribution in [3.8, 4) is 0 Å². The van der Waals surface area contributed by atoms with E-state index in [2.05, 4.69) is 35.2 Å². The fourth-order valence-corrected chi connectivity index (χ4v) is 7.50. The molecule has 0 saturated carbocycles. The normalized spacial score (nSPS) is 18.2. The van der Waals surface area contributed by atoms with Crippen molar-refractivity contribution in [2.45, 2.75) is 78.4 Å². The number of fused-ring (bicyclic) bond motifs is 2. The summed E-state index contributed by atoms with van der Waals surface area (Å²) in [5.41, 5.74) is 6.13. The Morgan fingerprint density at radius 3 is 2.09 bits per heavy atom. The monoisotopic (exact) mass is 739 g/mol. The average molecular weight is 740 g/mol. The van der Waals surface area contributed by atoms with Crippen LogP contribution in [-0.4, -0.2) is 79.1 Å². The summed E-state index contributed by atoms with van der Waals surface area (Å²) in [4.78, 5) is 54.3. The number of carboxylic acid groups (broad SMARTS) is 1. The van der Waals surface area contributed by atoms with Gasteiger partial charge in [-0.2, -0.15) is 0 Å². The van der Waals surface area contributed by atoms with Crippen molar-refractivity contribution in [3.05, 3.63) is 101 Å². The topological polar surface area (TPSA) is 126 Å². The van der Waals surface area contributed by atoms with Crippen LogP contribution in [0.25, 0.3) is 6.08 Å². The number of carbonyl (C=O) groups excluding carboxylic acids is 3. The van der Waals surface area contributed by atoms with Gasteiger partial charge in [0, 0.05) is 44.7 Å². The van der Waals surface area contributed by atoms with E-state index in [4.69, 9.17) is 14.2 Å². The van der Waals surface area contributed by atoms with Gasteiger partial charge in [0.15, 0.2) is 0 Å². The molecule has 3 aliphatic rings. The number of hydrogen-bond acceptors (Lipinski definition) is 8. The molecule has 0 aromatic heterocycles. The van der Waals surface area contributed by atoms with Gasteiger partial charge in [-0.25, -0.2) is 14.4 Å². The second kappa shape index (κ2) is 18.2. The molecule has 1 fully saturated rings. The van der Waals surface area contributed by atoms with Crippen LogP contribution in [0.3, 0.4) is 0 Å². The number of rotatable bonds is 8.